The average molecular weight is 252 g/mol. The largest absolute Gasteiger partial charge is 0.417 e. The minimum Gasteiger partial charge on any atom is -0.303 e. The van der Waals surface area contributed by atoms with E-state index in [1.165, 1.54) is 12.1 Å². The highest BCUT2D eigenvalue weighted by Crippen LogP contribution is 2.35. The molecular formula is C14H11F3O. The zero-order valence-corrected chi connectivity index (χ0v) is 9.66. The van der Waals surface area contributed by atoms with Crippen LogP contribution in [0.2, 0.25) is 0 Å². The van der Waals surface area contributed by atoms with Gasteiger partial charge in [0.25, 0.3) is 0 Å². The molecule has 4 heteroatoms. The first kappa shape index (κ1) is 12.6. The van der Waals surface area contributed by atoms with Crippen molar-refractivity contribution in [1.82, 2.24) is 0 Å². The molecule has 1 nitrogen and oxygen atoms in total. The Labute approximate surface area is 102 Å². The highest BCUT2D eigenvalue weighted by atomic mass is 19.4. The summed E-state index contributed by atoms with van der Waals surface area (Å²) in [6, 6.07) is 8.67. The molecule has 0 aliphatic rings. The van der Waals surface area contributed by atoms with Gasteiger partial charge in [0, 0.05) is 5.92 Å². The quantitative estimate of drug-likeness (QED) is 0.733. The van der Waals surface area contributed by atoms with Crippen LogP contribution in [-0.2, 0) is 11.0 Å². The van der Waals surface area contributed by atoms with E-state index in [2.05, 4.69) is 0 Å². The van der Waals surface area contributed by atoms with Crippen molar-refractivity contribution in [2.24, 2.45) is 0 Å². The van der Waals surface area contributed by atoms with Gasteiger partial charge >= 0.3 is 6.18 Å². The van der Waals surface area contributed by atoms with E-state index in [0.717, 1.165) is 17.9 Å². The smallest absolute Gasteiger partial charge is 0.303 e. The van der Waals surface area contributed by atoms with Crippen LogP contribution in [0.4, 0.5) is 13.2 Å². The van der Waals surface area contributed by atoms with E-state index < -0.39 is 11.7 Å². The van der Waals surface area contributed by atoms with Crippen LogP contribution in [0.25, 0.3) is 10.8 Å². The van der Waals surface area contributed by atoms with Gasteiger partial charge in [-0.1, -0.05) is 37.3 Å². The van der Waals surface area contributed by atoms with Gasteiger partial charge in [-0.15, -0.1) is 0 Å². The van der Waals surface area contributed by atoms with Crippen LogP contribution in [0.5, 0.6) is 0 Å². The predicted octanol–water partition coefficient (Wildman–Crippen LogP) is 4.16. The Hall–Kier alpha value is -1.84. The van der Waals surface area contributed by atoms with Gasteiger partial charge in [0.1, 0.15) is 6.29 Å². The molecule has 0 saturated carbocycles. The molecule has 0 radical (unpaired) electrons. The SMILES string of the molecule is CC(C=O)c1ccc2c(C(F)(F)F)cccc2c1. The summed E-state index contributed by atoms with van der Waals surface area (Å²) in [5.41, 5.74) is 0.0714. The molecule has 2 aromatic rings. The number of hydrogen-bond donors (Lipinski definition) is 0. The average Bonchev–Trinajstić information content (AvgIpc) is 2.35. The van der Waals surface area contributed by atoms with E-state index >= 15 is 0 Å². The van der Waals surface area contributed by atoms with Gasteiger partial charge in [0.15, 0.2) is 0 Å². The molecular weight excluding hydrogens is 241 g/mol. The Morgan fingerprint density at radius 3 is 2.50 bits per heavy atom. The lowest BCUT2D eigenvalue weighted by Gasteiger charge is -2.12. The molecule has 0 spiro atoms. The van der Waals surface area contributed by atoms with Crippen LogP contribution in [0.15, 0.2) is 36.4 Å². The van der Waals surface area contributed by atoms with Gasteiger partial charge < -0.3 is 4.79 Å². The fourth-order valence-corrected chi connectivity index (χ4v) is 1.91. The van der Waals surface area contributed by atoms with Crippen LogP contribution in [0, 0.1) is 0 Å². The Morgan fingerprint density at radius 1 is 1.17 bits per heavy atom. The molecule has 0 bridgehead atoms. The Kier molecular flexibility index (Phi) is 3.11. The number of alkyl halides is 3. The van der Waals surface area contributed by atoms with Crippen molar-refractivity contribution >= 4 is 17.1 Å². The summed E-state index contributed by atoms with van der Waals surface area (Å²) in [5.74, 6) is -0.316. The third kappa shape index (κ3) is 2.23. The van der Waals surface area contributed by atoms with E-state index in [9.17, 15) is 18.0 Å². The minimum absolute atomic E-state index is 0.159. The molecule has 0 saturated heterocycles. The molecule has 1 unspecified atom stereocenters. The van der Waals surface area contributed by atoms with E-state index in [1.54, 1.807) is 25.1 Å². The lowest BCUT2D eigenvalue weighted by Crippen LogP contribution is -2.05. The van der Waals surface area contributed by atoms with Gasteiger partial charge in [0.05, 0.1) is 5.56 Å². The van der Waals surface area contributed by atoms with Crippen molar-refractivity contribution in [3.05, 3.63) is 47.5 Å². The molecule has 1 atom stereocenters. The van der Waals surface area contributed by atoms with E-state index in [-0.39, 0.29) is 11.3 Å². The summed E-state index contributed by atoms with van der Waals surface area (Å²) in [5, 5.41) is 0.655. The maximum atomic E-state index is 12.8. The molecule has 2 rings (SSSR count). The molecule has 94 valence electrons. The lowest BCUT2D eigenvalue weighted by atomic mass is 9.96. The zero-order chi connectivity index (χ0) is 13.3. The molecule has 0 heterocycles. The lowest BCUT2D eigenvalue weighted by molar-refractivity contribution is -0.136. The number of aldehydes is 1. The molecule has 0 fully saturated rings. The van der Waals surface area contributed by atoms with E-state index in [1.807, 2.05) is 0 Å². The van der Waals surface area contributed by atoms with Gasteiger partial charge in [-0.05, 0) is 22.4 Å². The zero-order valence-electron chi connectivity index (χ0n) is 9.66. The third-order valence-corrected chi connectivity index (χ3v) is 2.94. The summed E-state index contributed by atoms with van der Waals surface area (Å²) < 4.78 is 38.4. The van der Waals surface area contributed by atoms with Crippen molar-refractivity contribution in [3.8, 4) is 0 Å². The topological polar surface area (TPSA) is 17.1 Å². The van der Waals surface area contributed by atoms with Gasteiger partial charge in [-0.2, -0.15) is 13.2 Å². The van der Waals surface area contributed by atoms with Crippen LogP contribution in [0.3, 0.4) is 0 Å². The van der Waals surface area contributed by atoms with E-state index in [0.29, 0.717) is 5.39 Å². The Bertz CT molecular complexity index is 587. The summed E-state index contributed by atoms with van der Waals surface area (Å²) in [7, 11) is 0. The predicted molar refractivity (Wildman–Crippen MR) is 63.4 cm³/mol. The first-order valence-electron chi connectivity index (χ1n) is 5.48. The maximum Gasteiger partial charge on any atom is 0.417 e. The highest BCUT2D eigenvalue weighted by molar-refractivity contribution is 5.87. The summed E-state index contributed by atoms with van der Waals surface area (Å²) in [6.07, 6.45) is -3.59. The van der Waals surface area contributed by atoms with Crippen molar-refractivity contribution in [2.45, 2.75) is 19.0 Å². The molecule has 2 aromatic carbocycles. The number of carbonyl (C=O) groups is 1. The van der Waals surface area contributed by atoms with Gasteiger partial charge in [0.2, 0.25) is 0 Å². The van der Waals surface area contributed by atoms with E-state index in [4.69, 9.17) is 0 Å². The van der Waals surface area contributed by atoms with Crippen molar-refractivity contribution in [2.75, 3.05) is 0 Å². The second-order valence-corrected chi connectivity index (χ2v) is 4.21. The monoisotopic (exact) mass is 252 g/mol. The maximum absolute atomic E-state index is 12.8. The fraction of sp³-hybridized carbons (Fsp3) is 0.214. The standard InChI is InChI=1S/C14H11F3O/c1-9(8-18)10-5-6-12-11(7-10)3-2-4-13(12)14(15,16)17/h2-9H,1H3. The third-order valence-electron chi connectivity index (χ3n) is 2.94. The second-order valence-electron chi connectivity index (χ2n) is 4.21. The molecule has 0 N–H and O–H groups in total. The normalized spacial score (nSPS) is 13.6. The van der Waals surface area contributed by atoms with Crippen molar-refractivity contribution in [3.63, 3.8) is 0 Å². The number of halogens is 3. The van der Waals surface area contributed by atoms with Crippen molar-refractivity contribution < 1.29 is 18.0 Å². The van der Waals surface area contributed by atoms with Gasteiger partial charge in [-0.3, -0.25) is 0 Å². The van der Waals surface area contributed by atoms with Crippen LogP contribution in [-0.4, -0.2) is 6.29 Å². The molecule has 0 amide bonds. The Balaban J connectivity index is 2.64. The molecule has 0 aromatic heterocycles. The summed E-state index contributed by atoms with van der Waals surface area (Å²) in [4.78, 5) is 10.7. The summed E-state index contributed by atoms with van der Waals surface area (Å²) in [6.45, 7) is 1.71. The number of fused-ring (bicyclic) bond motifs is 1. The number of hydrogen-bond acceptors (Lipinski definition) is 1. The van der Waals surface area contributed by atoms with Crippen LogP contribution < -0.4 is 0 Å². The van der Waals surface area contributed by atoms with Crippen LogP contribution in [0.1, 0.15) is 24.0 Å². The number of benzene rings is 2. The first-order valence-corrected chi connectivity index (χ1v) is 5.48. The van der Waals surface area contributed by atoms with Crippen molar-refractivity contribution in [1.29, 1.82) is 0 Å². The fourth-order valence-electron chi connectivity index (χ4n) is 1.91. The number of rotatable bonds is 2. The highest BCUT2D eigenvalue weighted by Gasteiger charge is 2.32. The molecule has 0 aliphatic heterocycles. The Morgan fingerprint density at radius 2 is 1.89 bits per heavy atom. The van der Waals surface area contributed by atoms with Gasteiger partial charge in [-0.25, -0.2) is 0 Å². The first-order chi connectivity index (χ1) is 8.43. The second kappa shape index (κ2) is 4.44. The van der Waals surface area contributed by atoms with Crippen LogP contribution >= 0.6 is 0 Å². The molecule has 18 heavy (non-hydrogen) atoms. The summed E-state index contributed by atoms with van der Waals surface area (Å²) >= 11 is 0. The number of carbonyl (C=O) groups excluding carboxylic acids is 1. The molecule has 0 aliphatic carbocycles. The minimum atomic E-state index is -4.36.